The molecular weight excluding hydrogens is 342 g/mol. The van der Waals surface area contributed by atoms with Crippen LogP contribution in [0.5, 0.6) is 0 Å². The van der Waals surface area contributed by atoms with Crippen LogP contribution in [0.3, 0.4) is 0 Å². The first-order chi connectivity index (χ1) is 11.1. The minimum absolute atomic E-state index is 0.0566. The molecule has 0 bridgehead atoms. The van der Waals surface area contributed by atoms with Crippen LogP contribution in [0, 0.1) is 0 Å². The summed E-state index contributed by atoms with van der Waals surface area (Å²) >= 11 is 0. The molecule has 0 aromatic carbocycles. The summed E-state index contributed by atoms with van der Waals surface area (Å²) in [5, 5.41) is 14.5. The van der Waals surface area contributed by atoms with Crippen molar-refractivity contribution in [3.8, 4) is 0 Å². The Morgan fingerprint density at radius 3 is 2.79 bits per heavy atom. The lowest BCUT2D eigenvalue weighted by Crippen LogP contribution is -2.60. The number of amides is 3. The van der Waals surface area contributed by atoms with E-state index in [0.717, 1.165) is 11.2 Å². The summed E-state index contributed by atoms with van der Waals surface area (Å²) in [5.41, 5.74) is -1.07. The molecule has 2 saturated heterocycles. The molecule has 2 heterocycles. The van der Waals surface area contributed by atoms with Gasteiger partial charge in [-0.1, -0.05) is 0 Å². The molecule has 0 aromatic rings. The highest BCUT2D eigenvalue weighted by molar-refractivity contribution is 7.85. The van der Waals surface area contributed by atoms with E-state index < -0.39 is 33.7 Å². The van der Waals surface area contributed by atoms with Gasteiger partial charge in [0.25, 0.3) is 10.1 Å². The van der Waals surface area contributed by atoms with Gasteiger partial charge in [-0.3, -0.25) is 24.0 Å². The van der Waals surface area contributed by atoms with Crippen LogP contribution in [0.25, 0.3) is 0 Å². The summed E-state index contributed by atoms with van der Waals surface area (Å²) in [4.78, 5) is 35.6. The van der Waals surface area contributed by atoms with E-state index in [0.29, 0.717) is 19.3 Å². The normalized spacial score (nSPS) is 28.0. The number of carbonyl (C=O) groups excluding carboxylic acids is 2. The van der Waals surface area contributed by atoms with Gasteiger partial charge in [-0.25, -0.2) is 4.79 Å². The van der Waals surface area contributed by atoms with Crippen LogP contribution >= 0.6 is 0 Å². The number of imide groups is 1. The fourth-order valence-corrected chi connectivity index (χ4v) is 3.47. The Balaban J connectivity index is 2.10. The average molecular weight is 363 g/mol. The second kappa shape index (κ2) is 7.03. The second-order valence-electron chi connectivity index (χ2n) is 6.11. The van der Waals surface area contributed by atoms with E-state index in [1.165, 1.54) is 0 Å². The lowest BCUT2D eigenvalue weighted by Gasteiger charge is -2.37. The van der Waals surface area contributed by atoms with Crippen molar-refractivity contribution in [1.29, 1.82) is 0 Å². The third-order valence-corrected chi connectivity index (χ3v) is 4.83. The zero-order valence-electron chi connectivity index (χ0n) is 13.3. The number of carbonyl (C=O) groups is 3. The van der Waals surface area contributed by atoms with Gasteiger partial charge in [0.2, 0.25) is 11.8 Å². The second-order valence-corrected chi connectivity index (χ2v) is 7.76. The van der Waals surface area contributed by atoms with Gasteiger partial charge in [0, 0.05) is 19.5 Å². The molecule has 0 radical (unpaired) electrons. The summed E-state index contributed by atoms with van der Waals surface area (Å²) in [6.45, 7) is -0.00101. The fourth-order valence-electron chi connectivity index (χ4n) is 3.04. The number of carboxylic acid groups (broad SMARTS) is 1. The van der Waals surface area contributed by atoms with E-state index in [1.807, 2.05) is 0 Å². The van der Waals surface area contributed by atoms with Crippen molar-refractivity contribution < 1.29 is 32.1 Å². The minimum Gasteiger partial charge on any atom is -0.465 e. The monoisotopic (exact) mass is 363 g/mol. The summed E-state index contributed by atoms with van der Waals surface area (Å²) in [5.74, 6) is -0.813. The Labute approximate surface area is 139 Å². The molecule has 0 saturated carbocycles. The quantitative estimate of drug-likeness (QED) is 0.397. The van der Waals surface area contributed by atoms with Crippen LogP contribution in [0.1, 0.15) is 25.7 Å². The average Bonchev–Trinajstić information content (AvgIpc) is 2.88. The van der Waals surface area contributed by atoms with Gasteiger partial charge in [-0.2, -0.15) is 8.42 Å². The number of hydrogen-bond donors (Lipinski definition) is 3. The Kier molecular flexibility index (Phi) is 5.45. The molecule has 2 aliphatic heterocycles. The van der Waals surface area contributed by atoms with Crippen molar-refractivity contribution in [2.45, 2.75) is 37.3 Å². The van der Waals surface area contributed by atoms with Crippen LogP contribution in [-0.4, -0.2) is 73.9 Å². The smallest absolute Gasteiger partial charge is 0.407 e. The summed E-state index contributed by atoms with van der Waals surface area (Å²) in [7, 11) is -3.73. The number of rotatable bonds is 6. The fraction of sp³-hybridized carbons (Fsp3) is 0.769. The van der Waals surface area contributed by atoms with Crippen molar-refractivity contribution >= 4 is 28.0 Å². The van der Waals surface area contributed by atoms with Crippen LogP contribution < -0.4 is 10.6 Å². The molecule has 2 aliphatic rings. The zero-order valence-corrected chi connectivity index (χ0v) is 14.1. The number of nitrogens with zero attached hydrogens (tertiary/aromatic N) is 1. The molecule has 11 heteroatoms. The zero-order chi connectivity index (χ0) is 18.0. The molecular formula is C13H21N3O7S. The van der Waals surface area contributed by atoms with E-state index >= 15 is 0 Å². The number of hydrogen-bond acceptors (Lipinski definition) is 7. The molecule has 10 nitrogen and oxygen atoms in total. The number of piperidine rings is 1. The minimum atomic E-state index is -3.73. The van der Waals surface area contributed by atoms with Crippen molar-refractivity contribution in [2.75, 3.05) is 26.0 Å². The molecule has 136 valence electrons. The maximum atomic E-state index is 11.8. The van der Waals surface area contributed by atoms with Gasteiger partial charge >= 0.3 is 6.09 Å². The Morgan fingerprint density at radius 1 is 1.50 bits per heavy atom. The Hall–Kier alpha value is -1.72. The van der Waals surface area contributed by atoms with E-state index in [1.54, 1.807) is 0 Å². The highest BCUT2D eigenvalue weighted by Crippen LogP contribution is 2.30. The third kappa shape index (κ3) is 4.42. The summed E-state index contributed by atoms with van der Waals surface area (Å²) < 4.78 is 27.4. The molecule has 0 aliphatic carbocycles. The molecule has 24 heavy (non-hydrogen) atoms. The molecule has 3 N–H and O–H groups in total. The van der Waals surface area contributed by atoms with Crippen molar-refractivity contribution in [3.63, 3.8) is 0 Å². The lowest BCUT2D eigenvalue weighted by molar-refractivity contribution is -0.134. The molecule has 0 spiro atoms. The SMILES string of the molecule is CS(=O)(=O)OCC1(CNC2CCC(=O)NC2=O)CCCN1C(=O)O. The number of likely N-dealkylation sites (tertiary alicyclic amines) is 1. The van der Waals surface area contributed by atoms with Crippen molar-refractivity contribution in [1.82, 2.24) is 15.5 Å². The van der Waals surface area contributed by atoms with Crippen LogP contribution in [0.4, 0.5) is 4.79 Å². The van der Waals surface area contributed by atoms with Crippen LogP contribution in [0.2, 0.25) is 0 Å². The van der Waals surface area contributed by atoms with Crippen LogP contribution in [0.15, 0.2) is 0 Å². The lowest BCUT2D eigenvalue weighted by atomic mass is 9.96. The Morgan fingerprint density at radius 2 is 2.21 bits per heavy atom. The van der Waals surface area contributed by atoms with Gasteiger partial charge in [0.1, 0.15) is 0 Å². The summed E-state index contributed by atoms with van der Waals surface area (Å²) in [6, 6.07) is -0.631. The van der Waals surface area contributed by atoms with Crippen molar-refractivity contribution in [3.05, 3.63) is 0 Å². The maximum Gasteiger partial charge on any atom is 0.407 e. The van der Waals surface area contributed by atoms with E-state index in [2.05, 4.69) is 10.6 Å². The highest BCUT2D eigenvalue weighted by atomic mass is 32.2. The third-order valence-electron chi connectivity index (χ3n) is 4.29. The predicted octanol–water partition coefficient (Wildman–Crippen LogP) is -1.13. The van der Waals surface area contributed by atoms with Gasteiger partial charge in [-0.05, 0) is 19.3 Å². The molecule has 3 amide bonds. The Bertz CT molecular complexity index is 635. The van der Waals surface area contributed by atoms with E-state index in [9.17, 15) is 27.9 Å². The van der Waals surface area contributed by atoms with Gasteiger partial charge in [0.15, 0.2) is 0 Å². The summed E-state index contributed by atoms with van der Waals surface area (Å²) in [6.07, 6.45) is 1.20. The number of nitrogens with one attached hydrogen (secondary N) is 2. The van der Waals surface area contributed by atoms with Crippen molar-refractivity contribution in [2.24, 2.45) is 0 Å². The first-order valence-corrected chi connectivity index (χ1v) is 9.37. The largest absolute Gasteiger partial charge is 0.465 e. The molecule has 0 aromatic heterocycles. The molecule has 2 rings (SSSR count). The van der Waals surface area contributed by atoms with E-state index in [-0.39, 0.29) is 32.0 Å². The predicted molar refractivity (Wildman–Crippen MR) is 81.7 cm³/mol. The molecule has 2 unspecified atom stereocenters. The van der Waals surface area contributed by atoms with Gasteiger partial charge in [-0.15, -0.1) is 0 Å². The van der Waals surface area contributed by atoms with E-state index in [4.69, 9.17) is 4.18 Å². The standard InChI is InChI=1S/C13H21N3O7S/c1-24(21,22)23-8-13(5-2-6-16(13)12(19)20)7-14-9-3-4-10(17)15-11(9)18/h9,14H,2-8H2,1H3,(H,19,20)(H,15,17,18). The topological polar surface area (TPSA) is 142 Å². The maximum absolute atomic E-state index is 11.8. The van der Waals surface area contributed by atoms with Gasteiger partial charge < -0.3 is 10.4 Å². The first kappa shape index (κ1) is 18.6. The molecule has 2 fully saturated rings. The van der Waals surface area contributed by atoms with Gasteiger partial charge in [0.05, 0.1) is 24.4 Å². The first-order valence-electron chi connectivity index (χ1n) is 7.55. The highest BCUT2D eigenvalue weighted by Gasteiger charge is 2.45. The van der Waals surface area contributed by atoms with Crippen LogP contribution in [-0.2, 0) is 23.9 Å². The molecule has 2 atom stereocenters.